The van der Waals surface area contributed by atoms with Crippen LogP contribution in [-0.4, -0.2) is 31.2 Å². The molecule has 114 valence electrons. The van der Waals surface area contributed by atoms with Gasteiger partial charge in [0, 0.05) is 12.8 Å². The number of hydrogen-bond acceptors (Lipinski definition) is 5. The first-order chi connectivity index (χ1) is 10.1. The molecule has 21 heavy (non-hydrogen) atoms. The highest BCUT2D eigenvalue weighted by Crippen LogP contribution is 2.34. The Morgan fingerprint density at radius 2 is 2.10 bits per heavy atom. The molecule has 2 heterocycles. The smallest absolute Gasteiger partial charge is 0.191 e. The molecule has 1 fully saturated rings. The van der Waals surface area contributed by atoms with Crippen molar-refractivity contribution >= 4 is 11.8 Å². The minimum atomic E-state index is -0.541. The monoisotopic (exact) mass is 307 g/mol. The van der Waals surface area contributed by atoms with Crippen molar-refractivity contribution in [3.63, 3.8) is 0 Å². The van der Waals surface area contributed by atoms with E-state index < -0.39 is 5.60 Å². The summed E-state index contributed by atoms with van der Waals surface area (Å²) in [6.45, 7) is 1.92. The number of aliphatic hydroxyl groups is 1. The Balaban J connectivity index is 1.72. The van der Waals surface area contributed by atoms with Gasteiger partial charge >= 0.3 is 0 Å². The lowest BCUT2D eigenvalue weighted by molar-refractivity contribution is 0.0272. The molecular weight excluding hydrogens is 286 g/mol. The first kappa shape index (κ1) is 14.7. The lowest BCUT2D eigenvalue weighted by atomic mass is 9.86. The Bertz CT molecular complexity index is 614. The van der Waals surface area contributed by atoms with Gasteiger partial charge in [0.2, 0.25) is 0 Å². The summed E-state index contributed by atoms with van der Waals surface area (Å²) >= 11 is 1.59. The molecule has 0 saturated heterocycles. The van der Waals surface area contributed by atoms with Crippen LogP contribution in [0.5, 0.6) is 0 Å². The normalized spacial score (nSPS) is 18.0. The SMILES string of the molecule is Cc1occc1-c1nnc(SCC2(O)CCCCC2)n1C. The van der Waals surface area contributed by atoms with E-state index in [2.05, 4.69) is 10.2 Å². The Labute approximate surface area is 128 Å². The van der Waals surface area contributed by atoms with Crippen molar-refractivity contribution < 1.29 is 9.52 Å². The van der Waals surface area contributed by atoms with Crippen LogP contribution in [0.4, 0.5) is 0 Å². The molecule has 5 nitrogen and oxygen atoms in total. The maximum absolute atomic E-state index is 10.6. The van der Waals surface area contributed by atoms with Crippen molar-refractivity contribution in [2.45, 2.75) is 49.8 Å². The molecule has 0 atom stereocenters. The van der Waals surface area contributed by atoms with Crippen LogP contribution in [0.2, 0.25) is 0 Å². The number of rotatable bonds is 4. The summed E-state index contributed by atoms with van der Waals surface area (Å²) in [6, 6.07) is 1.91. The van der Waals surface area contributed by atoms with Gasteiger partial charge in [-0.1, -0.05) is 31.0 Å². The summed E-state index contributed by atoms with van der Waals surface area (Å²) in [7, 11) is 1.95. The Kier molecular flexibility index (Phi) is 4.08. The summed E-state index contributed by atoms with van der Waals surface area (Å²) < 4.78 is 7.29. The van der Waals surface area contributed by atoms with Crippen LogP contribution in [0.3, 0.4) is 0 Å². The first-order valence-corrected chi connectivity index (χ1v) is 8.37. The van der Waals surface area contributed by atoms with Crippen molar-refractivity contribution in [2.24, 2.45) is 7.05 Å². The largest absolute Gasteiger partial charge is 0.469 e. The van der Waals surface area contributed by atoms with Crippen molar-refractivity contribution in [3.8, 4) is 11.4 Å². The van der Waals surface area contributed by atoms with Gasteiger partial charge in [0.05, 0.1) is 17.4 Å². The highest BCUT2D eigenvalue weighted by atomic mass is 32.2. The van der Waals surface area contributed by atoms with E-state index in [1.165, 1.54) is 6.42 Å². The molecule has 0 bridgehead atoms. The molecule has 0 radical (unpaired) electrons. The van der Waals surface area contributed by atoms with E-state index in [9.17, 15) is 5.11 Å². The first-order valence-electron chi connectivity index (χ1n) is 7.38. The molecule has 1 N–H and O–H groups in total. The van der Waals surface area contributed by atoms with Crippen LogP contribution in [0, 0.1) is 6.92 Å². The zero-order valence-electron chi connectivity index (χ0n) is 12.5. The molecule has 2 aromatic heterocycles. The Morgan fingerprint density at radius 1 is 1.33 bits per heavy atom. The molecule has 0 amide bonds. The predicted molar refractivity (Wildman–Crippen MR) is 82.2 cm³/mol. The average molecular weight is 307 g/mol. The van der Waals surface area contributed by atoms with Gasteiger partial charge in [-0.05, 0) is 25.8 Å². The summed E-state index contributed by atoms with van der Waals surface area (Å²) in [5.74, 6) is 2.33. The van der Waals surface area contributed by atoms with Gasteiger partial charge in [-0.3, -0.25) is 0 Å². The molecule has 0 aromatic carbocycles. The minimum Gasteiger partial charge on any atom is -0.469 e. The topological polar surface area (TPSA) is 64.1 Å². The zero-order valence-corrected chi connectivity index (χ0v) is 13.3. The second kappa shape index (κ2) is 5.85. The van der Waals surface area contributed by atoms with Crippen molar-refractivity contribution in [2.75, 3.05) is 5.75 Å². The van der Waals surface area contributed by atoms with Gasteiger partial charge in [-0.25, -0.2) is 0 Å². The van der Waals surface area contributed by atoms with Crippen LogP contribution in [0.25, 0.3) is 11.4 Å². The van der Waals surface area contributed by atoms with Crippen LogP contribution >= 0.6 is 11.8 Å². The predicted octanol–water partition coefficient (Wildman–Crippen LogP) is 3.17. The lowest BCUT2D eigenvalue weighted by Crippen LogP contribution is -2.34. The van der Waals surface area contributed by atoms with Gasteiger partial charge in [0.15, 0.2) is 11.0 Å². The van der Waals surface area contributed by atoms with Crippen LogP contribution in [0.15, 0.2) is 21.9 Å². The summed E-state index contributed by atoms with van der Waals surface area (Å²) in [5.41, 5.74) is 0.425. The summed E-state index contributed by atoms with van der Waals surface area (Å²) in [6.07, 6.45) is 6.93. The van der Waals surface area contributed by atoms with E-state index in [4.69, 9.17) is 4.42 Å². The highest BCUT2D eigenvalue weighted by molar-refractivity contribution is 7.99. The number of aryl methyl sites for hydroxylation is 1. The number of furan rings is 1. The fourth-order valence-corrected chi connectivity index (χ4v) is 3.91. The molecule has 1 aliphatic rings. The summed E-state index contributed by atoms with van der Waals surface area (Å²) in [5, 5.41) is 19.9. The fourth-order valence-electron chi connectivity index (χ4n) is 2.85. The highest BCUT2D eigenvalue weighted by Gasteiger charge is 2.30. The number of nitrogens with zero attached hydrogens (tertiary/aromatic N) is 3. The molecule has 0 aliphatic heterocycles. The van der Waals surface area contributed by atoms with Gasteiger partial charge in [0.25, 0.3) is 0 Å². The van der Waals surface area contributed by atoms with Crippen molar-refractivity contribution in [1.82, 2.24) is 14.8 Å². The van der Waals surface area contributed by atoms with E-state index in [0.29, 0.717) is 5.75 Å². The number of thioether (sulfide) groups is 1. The van der Waals surface area contributed by atoms with E-state index in [1.54, 1.807) is 18.0 Å². The molecule has 0 spiro atoms. The molecule has 1 saturated carbocycles. The van der Waals surface area contributed by atoms with Crippen molar-refractivity contribution in [1.29, 1.82) is 0 Å². The minimum absolute atomic E-state index is 0.541. The molecule has 3 rings (SSSR count). The number of hydrogen-bond donors (Lipinski definition) is 1. The molecule has 0 unspecified atom stereocenters. The van der Waals surface area contributed by atoms with Gasteiger partial charge in [-0.2, -0.15) is 0 Å². The summed E-state index contributed by atoms with van der Waals surface area (Å²) in [4.78, 5) is 0. The third-order valence-corrected chi connectivity index (χ3v) is 5.48. The molecule has 2 aromatic rings. The second-order valence-corrected chi connectivity index (χ2v) is 6.77. The average Bonchev–Trinajstić information content (AvgIpc) is 3.04. The lowest BCUT2D eigenvalue weighted by Gasteiger charge is -2.31. The molecular formula is C15H21N3O2S. The van der Waals surface area contributed by atoms with Gasteiger partial charge < -0.3 is 14.1 Å². The quantitative estimate of drug-likeness (QED) is 0.879. The molecule has 1 aliphatic carbocycles. The second-order valence-electron chi connectivity index (χ2n) is 5.83. The Hall–Kier alpha value is -1.27. The third-order valence-electron chi connectivity index (χ3n) is 4.19. The van der Waals surface area contributed by atoms with Crippen LogP contribution in [0.1, 0.15) is 37.9 Å². The fraction of sp³-hybridized carbons (Fsp3) is 0.600. The van der Waals surface area contributed by atoms with Crippen LogP contribution in [-0.2, 0) is 7.05 Å². The number of aromatic nitrogens is 3. The van der Waals surface area contributed by atoms with E-state index >= 15 is 0 Å². The third kappa shape index (κ3) is 3.01. The van der Waals surface area contributed by atoms with E-state index in [-0.39, 0.29) is 0 Å². The van der Waals surface area contributed by atoms with E-state index in [1.807, 2.05) is 24.6 Å². The van der Waals surface area contributed by atoms with E-state index in [0.717, 1.165) is 48.0 Å². The molecule has 6 heteroatoms. The maximum Gasteiger partial charge on any atom is 0.191 e. The van der Waals surface area contributed by atoms with Crippen LogP contribution < -0.4 is 0 Å². The Morgan fingerprint density at radius 3 is 2.76 bits per heavy atom. The standard InChI is InChI=1S/C15H21N3O2S/c1-11-12(6-9-20-11)13-16-17-14(18(13)2)21-10-15(19)7-4-3-5-8-15/h6,9,19H,3-5,7-8,10H2,1-2H3. The van der Waals surface area contributed by atoms with Crippen molar-refractivity contribution in [3.05, 3.63) is 18.1 Å². The van der Waals surface area contributed by atoms with Gasteiger partial charge in [0.1, 0.15) is 5.76 Å². The van der Waals surface area contributed by atoms with Gasteiger partial charge in [-0.15, -0.1) is 10.2 Å². The zero-order chi connectivity index (χ0) is 14.9. The maximum atomic E-state index is 10.6.